The van der Waals surface area contributed by atoms with E-state index in [0.717, 1.165) is 5.82 Å². The maximum Gasteiger partial charge on any atom is 0.155 e. The van der Waals surface area contributed by atoms with Gasteiger partial charge in [0.1, 0.15) is 12.4 Å². The Balaban J connectivity index is 2.41. The zero-order valence-corrected chi connectivity index (χ0v) is 8.24. The summed E-state index contributed by atoms with van der Waals surface area (Å²) in [5.41, 5.74) is 0. The number of likely N-dealkylation sites (N-methyl/N-ethyl adjacent to an activating group) is 1. The van der Waals surface area contributed by atoms with E-state index < -0.39 is 0 Å². The van der Waals surface area contributed by atoms with Crippen LogP contribution in [0.15, 0.2) is 12.4 Å². The number of aryl methyl sites for hydroxylation is 1. The van der Waals surface area contributed by atoms with Crippen molar-refractivity contribution in [3.8, 4) is 5.75 Å². The molecule has 1 rings (SSSR count). The van der Waals surface area contributed by atoms with Gasteiger partial charge in [0.15, 0.2) is 5.75 Å². The predicted molar refractivity (Wildman–Crippen MR) is 50.8 cm³/mol. The zero-order valence-electron chi connectivity index (χ0n) is 8.24. The standard InChI is InChI=1S/C9H15N3O/c1-7(10-3)6-13-9-4-11-8(2)12-5-9/h4-5,7,10H,6H2,1-3H3. The Morgan fingerprint density at radius 3 is 2.62 bits per heavy atom. The first kappa shape index (κ1) is 9.92. The largest absolute Gasteiger partial charge is 0.489 e. The summed E-state index contributed by atoms with van der Waals surface area (Å²) in [5, 5.41) is 3.08. The minimum Gasteiger partial charge on any atom is -0.489 e. The SMILES string of the molecule is CNC(C)COc1cnc(C)nc1. The molecule has 1 aromatic heterocycles. The van der Waals surface area contributed by atoms with E-state index in [4.69, 9.17) is 4.74 Å². The smallest absolute Gasteiger partial charge is 0.155 e. The maximum atomic E-state index is 5.43. The average Bonchev–Trinajstić information content (AvgIpc) is 2.16. The van der Waals surface area contributed by atoms with Crippen molar-refractivity contribution < 1.29 is 4.74 Å². The molecule has 72 valence electrons. The molecule has 1 unspecified atom stereocenters. The molecule has 1 heterocycles. The summed E-state index contributed by atoms with van der Waals surface area (Å²) in [6.45, 7) is 4.53. The lowest BCUT2D eigenvalue weighted by molar-refractivity contribution is 0.277. The Labute approximate surface area is 78.4 Å². The second-order valence-corrected chi connectivity index (χ2v) is 2.97. The molecule has 0 radical (unpaired) electrons. The first-order valence-electron chi connectivity index (χ1n) is 4.31. The maximum absolute atomic E-state index is 5.43. The molecule has 0 aliphatic carbocycles. The fourth-order valence-electron chi connectivity index (χ4n) is 0.760. The van der Waals surface area contributed by atoms with Crippen LogP contribution in [0.3, 0.4) is 0 Å². The van der Waals surface area contributed by atoms with Crippen molar-refractivity contribution >= 4 is 0 Å². The molecule has 0 saturated carbocycles. The van der Waals surface area contributed by atoms with Gasteiger partial charge in [-0.2, -0.15) is 0 Å². The Morgan fingerprint density at radius 2 is 2.08 bits per heavy atom. The Bertz CT molecular complexity index is 248. The van der Waals surface area contributed by atoms with Crippen LogP contribution in [0, 0.1) is 6.92 Å². The quantitative estimate of drug-likeness (QED) is 0.745. The highest BCUT2D eigenvalue weighted by Gasteiger charge is 1.99. The fraction of sp³-hybridized carbons (Fsp3) is 0.556. The van der Waals surface area contributed by atoms with Gasteiger partial charge in [0.2, 0.25) is 0 Å². The lowest BCUT2D eigenvalue weighted by Crippen LogP contribution is -2.28. The van der Waals surface area contributed by atoms with Gasteiger partial charge in [0.05, 0.1) is 12.4 Å². The molecule has 1 aromatic rings. The van der Waals surface area contributed by atoms with Crippen LogP contribution in [0.1, 0.15) is 12.7 Å². The van der Waals surface area contributed by atoms with Gasteiger partial charge in [-0.15, -0.1) is 0 Å². The van der Waals surface area contributed by atoms with E-state index in [9.17, 15) is 0 Å². The lowest BCUT2D eigenvalue weighted by atomic mass is 10.4. The molecule has 1 atom stereocenters. The van der Waals surface area contributed by atoms with E-state index in [2.05, 4.69) is 22.2 Å². The molecule has 13 heavy (non-hydrogen) atoms. The van der Waals surface area contributed by atoms with Crippen molar-refractivity contribution in [2.24, 2.45) is 0 Å². The van der Waals surface area contributed by atoms with Crippen LogP contribution in [0.5, 0.6) is 5.75 Å². The highest BCUT2D eigenvalue weighted by molar-refractivity contribution is 5.11. The summed E-state index contributed by atoms with van der Waals surface area (Å²) >= 11 is 0. The molecule has 0 spiro atoms. The van der Waals surface area contributed by atoms with E-state index in [1.54, 1.807) is 12.4 Å². The first-order chi connectivity index (χ1) is 6.22. The summed E-state index contributed by atoms with van der Waals surface area (Å²) in [4.78, 5) is 8.05. The van der Waals surface area contributed by atoms with Gasteiger partial charge in [-0.3, -0.25) is 0 Å². The van der Waals surface area contributed by atoms with E-state index in [-0.39, 0.29) is 0 Å². The van der Waals surface area contributed by atoms with Gasteiger partial charge < -0.3 is 10.1 Å². The molecule has 0 aliphatic rings. The highest BCUT2D eigenvalue weighted by Crippen LogP contribution is 2.05. The van der Waals surface area contributed by atoms with Crippen LogP contribution in [0.2, 0.25) is 0 Å². The second kappa shape index (κ2) is 4.77. The predicted octanol–water partition coefficient (Wildman–Crippen LogP) is 0.772. The lowest BCUT2D eigenvalue weighted by Gasteiger charge is -2.11. The third kappa shape index (κ3) is 3.38. The van der Waals surface area contributed by atoms with Crippen LogP contribution < -0.4 is 10.1 Å². The van der Waals surface area contributed by atoms with Crippen LogP contribution in [-0.4, -0.2) is 29.7 Å². The molecule has 0 amide bonds. The number of ether oxygens (including phenoxy) is 1. The summed E-state index contributed by atoms with van der Waals surface area (Å²) in [5.74, 6) is 1.47. The van der Waals surface area contributed by atoms with Crippen molar-refractivity contribution in [3.63, 3.8) is 0 Å². The third-order valence-electron chi connectivity index (χ3n) is 1.75. The highest BCUT2D eigenvalue weighted by atomic mass is 16.5. The third-order valence-corrected chi connectivity index (χ3v) is 1.75. The fourth-order valence-corrected chi connectivity index (χ4v) is 0.760. The summed E-state index contributed by atoms with van der Waals surface area (Å²) < 4.78 is 5.43. The van der Waals surface area contributed by atoms with Crippen molar-refractivity contribution in [1.29, 1.82) is 0 Å². The van der Waals surface area contributed by atoms with Crippen LogP contribution >= 0.6 is 0 Å². The van der Waals surface area contributed by atoms with E-state index >= 15 is 0 Å². The van der Waals surface area contributed by atoms with Crippen molar-refractivity contribution in [2.75, 3.05) is 13.7 Å². The molecule has 0 bridgehead atoms. The van der Waals surface area contributed by atoms with E-state index in [1.807, 2.05) is 14.0 Å². The number of aromatic nitrogens is 2. The topological polar surface area (TPSA) is 47.0 Å². The van der Waals surface area contributed by atoms with Gasteiger partial charge in [0.25, 0.3) is 0 Å². The van der Waals surface area contributed by atoms with Crippen LogP contribution in [0.25, 0.3) is 0 Å². The molecule has 0 aromatic carbocycles. The van der Waals surface area contributed by atoms with Crippen molar-refractivity contribution in [3.05, 3.63) is 18.2 Å². The monoisotopic (exact) mass is 181 g/mol. The van der Waals surface area contributed by atoms with Crippen LogP contribution in [-0.2, 0) is 0 Å². The first-order valence-corrected chi connectivity index (χ1v) is 4.31. The zero-order chi connectivity index (χ0) is 9.68. The molecule has 4 heteroatoms. The Kier molecular flexibility index (Phi) is 3.64. The van der Waals surface area contributed by atoms with Gasteiger partial charge in [-0.1, -0.05) is 0 Å². The van der Waals surface area contributed by atoms with Gasteiger partial charge >= 0.3 is 0 Å². The number of nitrogens with one attached hydrogen (secondary N) is 1. The van der Waals surface area contributed by atoms with Gasteiger partial charge in [-0.25, -0.2) is 9.97 Å². The molecule has 1 N–H and O–H groups in total. The number of hydrogen-bond donors (Lipinski definition) is 1. The van der Waals surface area contributed by atoms with Crippen LogP contribution in [0.4, 0.5) is 0 Å². The molecule has 0 aliphatic heterocycles. The molecular weight excluding hydrogens is 166 g/mol. The van der Waals surface area contributed by atoms with E-state index in [1.165, 1.54) is 0 Å². The normalized spacial score (nSPS) is 12.5. The minimum absolute atomic E-state index is 0.335. The molecule has 4 nitrogen and oxygen atoms in total. The van der Waals surface area contributed by atoms with E-state index in [0.29, 0.717) is 18.4 Å². The molecule has 0 fully saturated rings. The summed E-state index contributed by atoms with van der Waals surface area (Å²) in [7, 11) is 1.90. The number of nitrogens with zero attached hydrogens (tertiary/aromatic N) is 2. The minimum atomic E-state index is 0.335. The van der Waals surface area contributed by atoms with Gasteiger partial charge in [-0.05, 0) is 20.9 Å². The van der Waals surface area contributed by atoms with Crippen molar-refractivity contribution in [1.82, 2.24) is 15.3 Å². The molecule has 0 saturated heterocycles. The second-order valence-electron chi connectivity index (χ2n) is 2.97. The summed E-state index contributed by atoms with van der Waals surface area (Å²) in [6, 6.07) is 0.335. The molecular formula is C9H15N3O. The summed E-state index contributed by atoms with van der Waals surface area (Å²) in [6.07, 6.45) is 3.37. The van der Waals surface area contributed by atoms with Crippen molar-refractivity contribution in [2.45, 2.75) is 19.9 Å². The number of hydrogen-bond acceptors (Lipinski definition) is 4. The average molecular weight is 181 g/mol. The Morgan fingerprint density at radius 1 is 1.46 bits per heavy atom. The van der Waals surface area contributed by atoms with Gasteiger partial charge in [0, 0.05) is 6.04 Å². The Hall–Kier alpha value is -1.16. The number of rotatable bonds is 4.